The fourth-order valence-electron chi connectivity index (χ4n) is 3.38. The number of nitro groups is 1. The fraction of sp³-hybridized carbons (Fsp3) is 0.440. The van der Waals surface area contributed by atoms with E-state index in [2.05, 4.69) is 5.32 Å². The van der Waals surface area contributed by atoms with Crippen molar-refractivity contribution in [3.8, 4) is 5.75 Å². The molecule has 0 bridgehead atoms. The van der Waals surface area contributed by atoms with Crippen molar-refractivity contribution in [2.45, 2.75) is 58.0 Å². The molecule has 0 aliphatic carbocycles. The monoisotopic (exact) mass is 487 g/mol. The summed E-state index contributed by atoms with van der Waals surface area (Å²) < 4.78 is 5.31. The molecule has 0 saturated heterocycles. The molecule has 0 aliphatic rings. The minimum absolute atomic E-state index is 0.0202. The van der Waals surface area contributed by atoms with E-state index in [9.17, 15) is 19.7 Å². The average Bonchev–Trinajstić information content (AvgIpc) is 2.84. The molecule has 0 heterocycles. The third-order valence-electron chi connectivity index (χ3n) is 5.52. The maximum absolute atomic E-state index is 13.3. The summed E-state index contributed by atoms with van der Waals surface area (Å²) in [4.78, 5) is 38.3. The highest BCUT2D eigenvalue weighted by Crippen LogP contribution is 2.21. The van der Waals surface area contributed by atoms with E-state index in [1.165, 1.54) is 23.9 Å². The maximum Gasteiger partial charge on any atom is 0.269 e. The van der Waals surface area contributed by atoms with Gasteiger partial charge in [-0.25, -0.2) is 0 Å². The fourth-order valence-corrected chi connectivity index (χ4v) is 4.25. The van der Waals surface area contributed by atoms with Crippen molar-refractivity contribution in [2.24, 2.45) is 0 Å². The molecule has 2 amide bonds. The Kier molecular flexibility index (Phi) is 10.9. The highest BCUT2D eigenvalue weighted by atomic mass is 32.2. The zero-order valence-electron chi connectivity index (χ0n) is 20.2. The highest BCUT2D eigenvalue weighted by molar-refractivity contribution is 7.99. The number of rotatable bonds is 13. The Bertz CT molecular complexity index is 967. The van der Waals surface area contributed by atoms with Crippen molar-refractivity contribution in [2.75, 3.05) is 12.9 Å². The Balaban J connectivity index is 2.14. The third kappa shape index (κ3) is 8.06. The molecule has 0 aromatic heterocycles. The van der Waals surface area contributed by atoms with E-state index < -0.39 is 11.0 Å². The van der Waals surface area contributed by atoms with Crippen LogP contribution in [0.2, 0.25) is 0 Å². The molecule has 0 radical (unpaired) electrons. The second-order valence-corrected chi connectivity index (χ2v) is 9.02. The molecule has 0 saturated carbocycles. The number of amides is 2. The van der Waals surface area contributed by atoms with Gasteiger partial charge in [0.25, 0.3) is 5.69 Å². The number of hydrogen-bond acceptors (Lipinski definition) is 6. The summed E-state index contributed by atoms with van der Waals surface area (Å²) in [5, 5.41) is 13.8. The number of methoxy groups -OCH3 is 1. The average molecular weight is 488 g/mol. The van der Waals surface area contributed by atoms with Crippen LogP contribution in [-0.2, 0) is 21.9 Å². The molecular weight excluding hydrogens is 454 g/mol. The predicted octanol–water partition coefficient (Wildman–Crippen LogP) is 4.56. The maximum atomic E-state index is 13.3. The summed E-state index contributed by atoms with van der Waals surface area (Å²) >= 11 is 1.42. The Labute approximate surface area is 205 Å². The summed E-state index contributed by atoms with van der Waals surface area (Å²) in [5.41, 5.74) is 1.81. The number of nitrogens with one attached hydrogen (secondary N) is 1. The Morgan fingerprint density at radius 3 is 2.41 bits per heavy atom. The number of nitrogens with zero attached hydrogens (tertiary/aromatic N) is 2. The molecule has 2 aromatic rings. The number of ether oxygens (including phenoxy) is 1. The first-order valence-corrected chi connectivity index (χ1v) is 12.5. The molecule has 34 heavy (non-hydrogen) atoms. The summed E-state index contributed by atoms with van der Waals surface area (Å²) in [5.74, 6) is 1.12. The SMILES string of the molecule is CC[C@H](C)NC(=O)[C@H](CC)N(Cc1cccc(OC)c1)C(=O)CSCc1ccc([N+](=O)[O-])cc1. The normalized spacial score (nSPS) is 12.5. The van der Waals surface area contributed by atoms with Crippen LogP contribution in [0.4, 0.5) is 5.69 Å². The number of non-ortho nitro benzene ring substituents is 1. The van der Waals surface area contributed by atoms with Gasteiger partial charge in [-0.1, -0.05) is 38.1 Å². The van der Waals surface area contributed by atoms with Gasteiger partial charge in [0.1, 0.15) is 11.8 Å². The lowest BCUT2D eigenvalue weighted by Crippen LogP contribution is -2.51. The molecule has 2 rings (SSSR count). The Morgan fingerprint density at radius 1 is 1.12 bits per heavy atom. The number of carbonyl (C=O) groups is 2. The summed E-state index contributed by atoms with van der Waals surface area (Å²) in [6.45, 7) is 6.14. The minimum Gasteiger partial charge on any atom is -0.497 e. The van der Waals surface area contributed by atoms with Gasteiger partial charge in [0.15, 0.2) is 0 Å². The molecule has 9 heteroatoms. The van der Waals surface area contributed by atoms with Gasteiger partial charge in [-0.15, -0.1) is 11.8 Å². The zero-order chi connectivity index (χ0) is 25.1. The van der Waals surface area contributed by atoms with Crippen molar-refractivity contribution >= 4 is 29.3 Å². The molecule has 0 unspecified atom stereocenters. The van der Waals surface area contributed by atoms with E-state index >= 15 is 0 Å². The first kappa shape index (κ1) is 27.2. The van der Waals surface area contributed by atoms with Crippen molar-refractivity contribution in [1.82, 2.24) is 10.2 Å². The van der Waals surface area contributed by atoms with E-state index in [4.69, 9.17) is 4.74 Å². The van der Waals surface area contributed by atoms with Crippen LogP contribution in [0.1, 0.15) is 44.7 Å². The largest absolute Gasteiger partial charge is 0.497 e. The van der Waals surface area contributed by atoms with Crippen LogP contribution in [0.5, 0.6) is 5.75 Å². The van der Waals surface area contributed by atoms with Gasteiger partial charge in [-0.05, 0) is 43.0 Å². The van der Waals surface area contributed by atoms with Crippen molar-refractivity contribution in [3.05, 3.63) is 69.8 Å². The zero-order valence-corrected chi connectivity index (χ0v) is 21.0. The summed E-state index contributed by atoms with van der Waals surface area (Å²) in [6.07, 6.45) is 1.29. The van der Waals surface area contributed by atoms with Crippen LogP contribution in [0.15, 0.2) is 48.5 Å². The standard InChI is InChI=1S/C25H33N3O5S/c1-5-18(3)26-25(30)23(6-2)27(15-20-8-7-9-22(14-20)33-4)24(29)17-34-16-19-10-12-21(13-11-19)28(31)32/h7-14,18,23H,5-6,15-17H2,1-4H3,(H,26,30)/t18-,23-/m0/s1. The Morgan fingerprint density at radius 2 is 1.82 bits per heavy atom. The molecule has 1 N–H and O–H groups in total. The number of benzene rings is 2. The number of thioether (sulfide) groups is 1. The van der Waals surface area contributed by atoms with Crippen molar-refractivity contribution in [1.29, 1.82) is 0 Å². The smallest absolute Gasteiger partial charge is 0.269 e. The lowest BCUT2D eigenvalue weighted by Gasteiger charge is -2.31. The quantitative estimate of drug-likeness (QED) is 0.328. The van der Waals surface area contributed by atoms with Crippen molar-refractivity contribution < 1.29 is 19.2 Å². The topological polar surface area (TPSA) is 102 Å². The first-order chi connectivity index (χ1) is 16.3. The van der Waals surface area contributed by atoms with Gasteiger partial charge in [-0.2, -0.15) is 0 Å². The molecule has 0 aliphatic heterocycles. The van der Waals surface area contributed by atoms with Crippen LogP contribution >= 0.6 is 11.8 Å². The van der Waals surface area contributed by atoms with Gasteiger partial charge in [-0.3, -0.25) is 19.7 Å². The second kappa shape index (κ2) is 13.6. The van der Waals surface area contributed by atoms with E-state index in [0.717, 1.165) is 17.5 Å². The van der Waals surface area contributed by atoms with Gasteiger partial charge < -0.3 is 15.0 Å². The van der Waals surface area contributed by atoms with Gasteiger partial charge in [0, 0.05) is 30.5 Å². The predicted molar refractivity (Wildman–Crippen MR) is 135 cm³/mol. The number of hydrogen-bond donors (Lipinski definition) is 1. The number of carbonyl (C=O) groups excluding carboxylic acids is 2. The first-order valence-electron chi connectivity index (χ1n) is 11.3. The second-order valence-electron chi connectivity index (χ2n) is 8.03. The molecule has 0 spiro atoms. The molecule has 2 atom stereocenters. The molecule has 0 fully saturated rings. The lowest BCUT2D eigenvalue weighted by molar-refractivity contribution is -0.384. The summed E-state index contributed by atoms with van der Waals surface area (Å²) in [6, 6.07) is 13.2. The van der Waals surface area contributed by atoms with E-state index in [1.807, 2.05) is 45.0 Å². The van der Waals surface area contributed by atoms with Gasteiger partial charge >= 0.3 is 0 Å². The number of nitro benzene ring substituents is 1. The van der Waals surface area contributed by atoms with E-state index in [0.29, 0.717) is 24.5 Å². The third-order valence-corrected chi connectivity index (χ3v) is 6.50. The van der Waals surface area contributed by atoms with Crippen LogP contribution in [-0.4, -0.2) is 46.6 Å². The molecular formula is C25H33N3O5S. The molecule has 8 nitrogen and oxygen atoms in total. The lowest BCUT2D eigenvalue weighted by atomic mass is 10.1. The van der Waals surface area contributed by atoms with Crippen LogP contribution < -0.4 is 10.1 Å². The van der Waals surface area contributed by atoms with Crippen LogP contribution in [0.25, 0.3) is 0 Å². The van der Waals surface area contributed by atoms with E-state index in [-0.39, 0.29) is 29.3 Å². The minimum atomic E-state index is -0.590. The molecule has 184 valence electrons. The van der Waals surface area contributed by atoms with Gasteiger partial charge in [0.2, 0.25) is 11.8 Å². The van der Waals surface area contributed by atoms with Crippen molar-refractivity contribution in [3.63, 3.8) is 0 Å². The molecule has 2 aromatic carbocycles. The van der Waals surface area contributed by atoms with Crippen LogP contribution in [0, 0.1) is 10.1 Å². The highest BCUT2D eigenvalue weighted by Gasteiger charge is 2.29. The summed E-state index contributed by atoms with van der Waals surface area (Å²) in [7, 11) is 1.59. The van der Waals surface area contributed by atoms with Gasteiger partial charge in [0.05, 0.1) is 17.8 Å². The Hall–Kier alpha value is -3.07. The van der Waals surface area contributed by atoms with Crippen LogP contribution in [0.3, 0.4) is 0 Å². The van der Waals surface area contributed by atoms with E-state index in [1.54, 1.807) is 24.1 Å².